The molecule has 1 heterocycles. The van der Waals surface area contributed by atoms with Gasteiger partial charge in [0, 0.05) is 25.6 Å². The number of piperidine rings is 1. The third-order valence-electron chi connectivity index (χ3n) is 4.07. The predicted molar refractivity (Wildman–Crippen MR) is 84.7 cm³/mol. The molecule has 2 amide bonds. The standard InChI is InChI=1S/C17H21F3N2O3/c1-12-2-4-13(5-3-12)10-21-15(23)14-6-8-22(9-7-14)16(24)25-11-17(18,19)20/h2-5,14H,6-11H2,1H3,(H,21,23). The molecule has 0 aliphatic carbocycles. The lowest BCUT2D eigenvalue weighted by atomic mass is 9.96. The number of nitrogens with one attached hydrogen (secondary N) is 1. The minimum Gasteiger partial charge on any atom is -0.440 e. The monoisotopic (exact) mass is 358 g/mol. The van der Waals surface area contributed by atoms with Crippen LogP contribution < -0.4 is 5.32 Å². The van der Waals surface area contributed by atoms with E-state index >= 15 is 0 Å². The number of rotatable bonds is 4. The molecule has 138 valence electrons. The van der Waals surface area contributed by atoms with Crippen LogP contribution in [0.15, 0.2) is 24.3 Å². The number of nitrogens with zero attached hydrogens (tertiary/aromatic N) is 1. The fourth-order valence-corrected chi connectivity index (χ4v) is 2.60. The van der Waals surface area contributed by atoms with Gasteiger partial charge in [-0.25, -0.2) is 4.79 Å². The van der Waals surface area contributed by atoms with Gasteiger partial charge in [0.05, 0.1) is 0 Å². The zero-order valence-corrected chi connectivity index (χ0v) is 13.9. The van der Waals surface area contributed by atoms with Crippen LogP contribution in [0.25, 0.3) is 0 Å². The first-order valence-electron chi connectivity index (χ1n) is 8.06. The zero-order valence-electron chi connectivity index (χ0n) is 13.9. The Bertz CT molecular complexity index is 594. The Morgan fingerprint density at radius 2 is 1.80 bits per heavy atom. The molecule has 1 fully saturated rings. The van der Waals surface area contributed by atoms with Gasteiger partial charge in [0.1, 0.15) is 0 Å². The Labute approximate surface area is 144 Å². The van der Waals surface area contributed by atoms with Crippen molar-refractivity contribution in [2.45, 2.75) is 32.5 Å². The van der Waals surface area contributed by atoms with Gasteiger partial charge in [0.15, 0.2) is 6.61 Å². The Morgan fingerprint density at radius 1 is 1.20 bits per heavy atom. The SMILES string of the molecule is Cc1ccc(CNC(=O)C2CCN(C(=O)OCC(F)(F)F)CC2)cc1. The molecule has 0 unspecified atom stereocenters. The van der Waals surface area contributed by atoms with Crippen molar-refractivity contribution >= 4 is 12.0 Å². The highest BCUT2D eigenvalue weighted by Gasteiger charge is 2.32. The number of likely N-dealkylation sites (tertiary alicyclic amines) is 1. The van der Waals surface area contributed by atoms with Gasteiger partial charge in [-0.15, -0.1) is 0 Å². The van der Waals surface area contributed by atoms with Crippen LogP contribution in [0.5, 0.6) is 0 Å². The van der Waals surface area contributed by atoms with Crippen LogP contribution in [-0.2, 0) is 16.1 Å². The number of amides is 2. The molecule has 1 aromatic carbocycles. The van der Waals surface area contributed by atoms with E-state index in [2.05, 4.69) is 10.1 Å². The topological polar surface area (TPSA) is 58.6 Å². The van der Waals surface area contributed by atoms with Gasteiger partial charge in [-0.3, -0.25) is 4.79 Å². The predicted octanol–water partition coefficient (Wildman–Crippen LogP) is 3.02. The molecule has 1 aromatic rings. The number of alkyl halides is 3. The number of hydrogen-bond donors (Lipinski definition) is 1. The van der Waals surface area contributed by atoms with Crippen molar-refractivity contribution in [1.29, 1.82) is 0 Å². The largest absolute Gasteiger partial charge is 0.440 e. The van der Waals surface area contributed by atoms with Crippen molar-refractivity contribution in [2.75, 3.05) is 19.7 Å². The van der Waals surface area contributed by atoms with Crippen molar-refractivity contribution in [3.05, 3.63) is 35.4 Å². The fraction of sp³-hybridized carbons (Fsp3) is 0.529. The summed E-state index contributed by atoms with van der Waals surface area (Å²) in [5.41, 5.74) is 2.13. The van der Waals surface area contributed by atoms with Gasteiger partial charge in [0.25, 0.3) is 0 Å². The van der Waals surface area contributed by atoms with Gasteiger partial charge in [0.2, 0.25) is 5.91 Å². The van der Waals surface area contributed by atoms with E-state index in [1.54, 1.807) is 0 Å². The number of hydrogen-bond acceptors (Lipinski definition) is 3. The van der Waals surface area contributed by atoms with Crippen molar-refractivity contribution in [2.24, 2.45) is 5.92 Å². The summed E-state index contributed by atoms with van der Waals surface area (Å²) in [5, 5.41) is 2.85. The highest BCUT2D eigenvalue weighted by Crippen LogP contribution is 2.20. The van der Waals surface area contributed by atoms with Gasteiger partial charge in [-0.05, 0) is 25.3 Å². The Balaban J connectivity index is 1.72. The van der Waals surface area contributed by atoms with E-state index in [0.717, 1.165) is 11.1 Å². The van der Waals surface area contributed by atoms with Crippen LogP contribution in [0.2, 0.25) is 0 Å². The summed E-state index contributed by atoms with van der Waals surface area (Å²) < 4.78 is 40.4. The molecular weight excluding hydrogens is 337 g/mol. The number of benzene rings is 1. The van der Waals surface area contributed by atoms with E-state index in [9.17, 15) is 22.8 Å². The maximum Gasteiger partial charge on any atom is 0.422 e. The van der Waals surface area contributed by atoms with E-state index in [1.165, 1.54) is 4.90 Å². The molecule has 0 aromatic heterocycles. The average Bonchev–Trinajstić information content (AvgIpc) is 2.58. The van der Waals surface area contributed by atoms with Crippen molar-refractivity contribution < 1.29 is 27.5 Å². The van der Waals surface area contributed by atoms with Gasteiger partial charge < -0.3 is 15.0 Å². The molecule has 1 saturated heterocycles. The summed E-state index contributed by atoms with van der Waals surface area (Å²) in [5.74, 6) is -0.360. The summed E-state index contributed by atoms with van der Waals surface area (Å²) in [6.07, 6.45) is -4.72. The normalized spacial score (nSPS) is 15.8. The third-order valence-corrected chi connectivity index (χ3v) is 4.07. The smallest absolute Gasteiger partial charge is 0.422 e. The minimum atomic E-state index is -4.54. The number of carbonyl (C=O) groups excluding carboxylic acids is 2. The Morgan fingerprint density at radius 3 is 2.36 bits per heavy atom. The number of ether oxygens (including phenoxy) is 1. The highest BCUT2D eigenvalue weighted by atomic mass is 19.4. The number of halogens is 3. The lowest BCUT2D eigenvalue weighted by Crippen LogP contribution is -2.43. The minimum absolute atomic E-state index is 0.108. The van der Waals surface area contributed by atoms with E-state index in [0.29, 0.717) is 19.4 Å². The molecular formula is C17H21F3N2O3. The van der Waals surface area contributed by atoms with Crippen LogP contribution in [0.1, 0.15) is 24.0 Å². The maximum absolute atomic E-state index is 12.2. The molecule has 0 atom stereocenters. The van der Waals surface area contributed by atoms with Crippen LogP contribution >= 0.6 is 0 Å². The summed E-state index contributed by atoms with van der Waals surface area (Å²) in [6, 6.07) is 7.81. The molecule has 8 heteroatoms. The Hall–Kier alpha value is -2.25. The zero-order chi connectivity index (χ0) is 18.4. The lowest BCUT2D eigenvalue weighted by molar-refractivity contribution is -0.162. The summed E-state index contributed by atoms with van der Waals surface area (Å²) >= 11 is 0. The first-order valence-corrected chi connectivity index (χ1v) is 8.06. The molecule has 0 saturated carbocycles. The summed E-state index contributed by atoms with van der Waals surface area (Å²) in [6.45, 7) is 1.23. The second kappa shape index (κ2) is 8.22. The molecule has 1 aliphatic heterocycles. The second-order valence-electron chi connectivity index (χ2n) is 6.13. The van der Waals surface area contributed by atoms with E-state index in [4.69, 9.17) is 0 Å². The van der Waals surface area contributed by atoms with Crippen molar-refractivity contribution in [3.8, 4) is 0 Å². The van der Waals surface area contributed by atoms with E-state index in [1.807, 2.05) is 31.2 Å². The van der Waals surface area contributed by atoms with Crippen LogP contribution in [-0.4, -0.2) is 42.8 Å². The van der Waals surface area contributed by atoms with Crippen LogP contribution in [0.4, 0.5) is 18.0 Å². The van der Waals surface area contributed by atoms with Crippen LogP contribution in [0, 0.1) is 12.8 Å². The average molecular weight is 358 g/mol. The summed E-state index contributed by atoms with van der Waals surface area (Å²) in [4.78, 5) is 24.9. The molecule has 0 spiro atoms. The molecule has 0 bridgehead atoms. The molecule has 5 nitrogen and oxygen atoms in total. The van der Waals surface area contributed by atoms with E-state index in [-0.39, 0.29) is 24.9 Å². The lowest BCUT2D eigenvalue weighted by Gasteiger charge is -2.30. The van der Waals surface area contributed by atoms with Gasteiger partial charge in [-0.2, -0.15) is 13.2 Å². The first-order chi connectivity index (χ1) is 11.7. The van der Waals surface area contributed by atoms with Crippen molar-refractivity contribution in [1.82, 2.24) is 10.2 Å². The Kier molecular flexibility index (Phi) is 6.27. The molecule has 1 N–H and O–H groups in total. The molecule has 1 aliphatic rings. The highest BCUT2D eigenvalue weighted by molar-refractivity contribution is 5.79. The van der Waals surface area contributed by atoms with Gasteiger partial charge in [-0.1, -0.05) is 29.8 Å². The third kappa shape index (κ3) is 6.28. The maximum atomic E-state index is 12.2. The second-order valence-corrected chi connectivity index (χ2v) is 6.13. The van der Waals surface area contributed by atoms with Gasteiger partial charge >= 0.3 is 12.3 Å². The number of carbonyl (C=O) groups is 2. The van der Waals surface area contributed by atoms with Crippen LogP contribution in [0.3, 0.4) is 0 Å². The number of aryl methyl sites for hydroxylation is 1. The molecule has 2 rings (SSSR count). The van der Waals surface area contributed by atoms with Crippen molar-refractivity contribution in [3.63, 3.8) is 0 Å². The quantitative estimate of drug-likeness (QED) is 0.900. The fourth-order valence-electron chi connectivity index (χ4n) is 2.60. The first kappa shape index (κ1) is 19.1. The molecule has 0 radical (unpaired) electrons. The molecule has 25 heavy (non-hydrogen) atoms. The van der Waals surface area contributed by atoms with E-state index < -0.39 is 18.9 Å². The summed E-state index contributed by atoms with van der Waals surface area (Å²) in [7, 11) is 0.